The number of nitrogen functional groups attached to an aromatic ring is 2. The third-order valence-corrected chi connectivity index (χ3v) is 3.77. The van der Waals surface area contributed by atoms with Gasteiger partial charge in [0.2, 0.25) is 5.13 Å². The van der Waals surface area contributed by atoms with Crippen molar-refractivity contribution < 1.29 is 0 Å². The van der Waals surface area contributed by atoms with Crippen molar-refractivity contribution in [2.75, 3.05) is 11.5 Å². The van der Waals surface area contributed by atoms with Crippen molar-refractivity contribution in [3.05, 3.63) is 22.0 Å². The average Bonchev–Trinajstić information content (AvgIpc) is 2.76. The van der Waals surface area contributed by atoms with E-state index in [1.807, 2.05) is 6.07 Å². The molecule has 0 saturated heterocycles. The molecule has 0 aliphatic heterocycles. The van der Waals surface area contributed by atoms with Gasteiger partial charge in [-0.1, -0.05) is 11.3 Å². The van der Waals surface area contributed by atoms with Gasteiger partial charge in [-0.15, -0.1) is 21.5 Å². The first-order chi connectivity index (χ1) is 7.24. The highest BCUT2D eigenvalue weighted by atomic mass is 32.1. The minimum atomic E-state index is 0.547. The quantitative estimate of drug-likeness (QED) is 0.856. The number of thiophene rings is 1. The summed E-state index contributed by atoms with van der Waals surface area (Å²) < 4.78 is 0. The molecule has 4 N–H and O–H groups in total. The van der Waals surface area contributed by atoms with Crippen molar-refractivity contribution >= 4 is 32.8 Å². The minimum Gasteiger partial charge on any atom is -0.391 e. The van der Waals surface area contributed by atoms with Crippen LogP contribution >= 0.6 is 22.7 Å². The molecular weight excluding hydrogens is 228 g/mol. The van der Waals surface area contributed by atoms with Gasteiger partial charge in [-0.3, -0.25) is 0 Å². The van der Waals surface area contributed by atoms with Crippen LogP contribution in [-0.2, 0) is 12.8 Å². The Kier molecular flexibility index (Phi) is 3.17. The summed E-state index contributed by atoms with van der Waals surface area (Å²) in [7, 11) is 0. The molecular formula is C9H12N4S2. The van der Waals surface area contributed by atoms with Gasteiger partial charge in [0.05, 0.1) is 5.00 Å². The van der Waals surface area contributed by atoms with Gasteiger partial charge in [0.1, 0.15) is 5.01 Å². The van der Waals surface area contributed by atoms with Crippen molar-refractivity contribution in [2.24, 2.45) is 0 Å². The third kappa shape index (κ3) is 2.90. The van der Waals surface area contributed by atoms with Gasteiger partial charge >= 0.3 is 0 Å². The van der Waals surface area contributed by atoms with Gasteiger partial charge in [-0.05, 0) is 25.0 Å². The fraction of sp³-hybridized carbons (Fsp3) is 0.333. The van der Waals surface area contributed by atoms with E-state index in [9.17, 15) is 0 Å². The second kappa shape index (κ2) is 4.59. The summed E-state index contributed by atoms with van der Waals surface area (Å²) in [5.41, 5.74) is 11.1. The van der Waals surface area contributed by atoms with E-state index in [-0.39, 0.29) is 0 Å². The first kappa shape index (κ1) is 10.4. The summed E-state index contributed by atoms with van der Waals surface area (Å²) >= 11 is 3.11. The SMILES string of the molecule is Nc1ccc(CCCc2nnc(N)s2)s1. The molecule has 0 aliphatic rings. The molecule has 2 aromatic heterocycles. The van der Waals surface area contributed by atoms with Crippen molar-refractivity contribution in [3.63, 3.8) is 0 Å². The summed E-state index contributed by atoms with van der Waals surface area (Å²) in [6.45, 7) is 0. The van der Waals surface area contributed by atoms with E-state index in [1.54, 1.807) is 11.3 Å². The lowest BCUT2D eigenvalue weighted by molar-refractivity contribution is 0.810. The van der Waals surface area contributed by atoms with E-state index in [0.717, 1.165) is 29.3 Å². The molecule has 80 valence electrons. The average molecular weight is 240 g/mol. The molecule has 2 aromatic rings. The molecule has 0 spiro atoms. The molecule has 0 saturated carbocycles. The van der Waals surface area contributed by atoms with Gasteiger partial charge < -0.3 is 11.5 Å². The van der Waals surface area contributed by atoms with Crippen molar-refractivity contribution in [1.82, 2.24) is 10.2 Å². The van der Waals surface area contributed by atoms with Crippen molar-refractivity contribution in [2.45, 2.75) is 19.3 Å². The van der Waals surface area contributed by atoms with Crippen molar-refractivity contribution in [3.8, 4) is 0 Å². The van der Waals surface area contributed by atoms with E-state index in [0.29, 0.717) is 5.13 Å². The number of aromatic nitrogens is 2. The zero-order valence-corrected chi connectivity index (χ0v) is 9.77. The number of rotatable bonds is 4. The number of anilines is 2. The predicted molar refractivity (Wildman–Crippen MR) is 65.1 cm³/mol. The molecule has 6 heteroatoms. The zero-order valence-electron chi connectivity index (χ0n) is 8.14. The fourth-order valence-electron chi connectivity index (χ4n) is 1.31. The molecule has 0 radical (unpaired) electrons. The second-order valence-electron chi connectivity index (χ2n) is 3.19. The molecule has 0 fully saturated rings. The van der Waals surface area contributed by atoms with Gasteiger partial charge in [0.15, 0.2) is 0 Å². The maximum Gasteiger partial charge on any atom is 0.203 e. The van der Waals surface area contributed by atoms with Crippen LogP contribution < -0.4 is 11.5 Å². The molecule has 2 heterocycles. The molecule has 0 bridgehead atoms. The van der Waals surface area contributed by atoms with E-state index < -0.39 is 0 Å². The summed E-state index contributed by atoms with van der Waals surface area (Å²) in [6, 6.07) is 4.03. The number of hydrogen-bond donors (Lipinski definition) is 2. The van der Waals surface area contributed by atoms with Crippen LogP contribution in [0.25, 0.3) is 0 Å². The molecule has 0 aliphatic carbocycles. The minimum absolute atomic E-state index is 0.547. The summed E-state index contributed by atoms with van der Waals surface area (Å²) in [6.07, 6.45) is 3.04. The zero-order chi connectivity index (χ0) is 10.7. The molecule has 0 unspecified atom stereocenters. The Morgan fingerprint density at radius 1 is 1.07 bits per heavy atom. The maximum absolute atomic E-state index is 5.65. The van der Waals surface area contributed by atoms with Crippen LogP contribution in [0.1, 0.15) is 16.3 Å². The molecule has 4 nitrogen and oxygen atoms in total. The summed E-state index contributed by atoms with van der Waals surface area (Å²) in [4.78, 5) is 1.32. The van der Waals surface area contributed by atoms with Crippen LogP contribution in [0.4, 0.5) is 10.1 Å². The topological polar surface area (TPSA) is 77.8 Å². The van der Waals surface area contributed by atoms with Crippen molar-refractivity contribution in [1.29, 1.82) is 0 Å². The van der Waals surface area contributed by atoms with Crippen LogP contribution in [0.15, 0.2) is 12.1 Å². The first-order valence-corrected chi connectivity index (χ1v) is 6.29. The lowest BCUT2D eigenvalue weighted by Gasteiger charge is -1.94. The second-order valence-corrected chi connectivity index (χ2v) is 5.49. The Morgan fingerprint density at radius 3 is 2.53 bits per heavy atom. The number of aryl methyl sites for hydroxylation is 2. The van der Waals surface area contributed by atoms with E-state index in [1.165, 1.54) is 16.2 Å². The Morgan fingerprint density at radius 2 is 1.93 bits per heavy atom. The fourth-order valence-corrected chi connectivity index (χ4v) is 2.78. The van der Waals surface area contributed by atoms with Gasteiger partial charge in [0, 0.05) is 11.3 Å². The number of nitrogens with two attached hydrogens (primary N) is 2. The largest absolute Gasteiger partial charge is 0.391 e. The van der Waals surface area contributed by atoms with E-state index in [4.69, 9.17) is 11.5 Å². The third-order valence-electron chi connectivity index (χ3n) is 1.98. The number of nitrogens with zero attached hydrogens (tertiary/aromatic N) is 2. The van der Waals surface area contributed by atoms with Crippen LogP contribution in [-0.4, -0.2) is 10.2 Å². The highest BCUT2D eigenvalue weighted by molar-refractivity contribution is 7.15. The highest BCUT2D eigenvalue weighted by Gasteiger charge is 2.02. The summed E-state index contributed by atoms with van der Waals surface area (Å²) in [5.74, 6) is 0. The summed E-state index contributed by atoms with van der Waals surface area (Å²) in [5, 5.41) is 10.2. The monoisotopic (exact) mass is 240 g/mol. The van der Waals surface area contributed by atoms with Crippen LogP contribution in [0.3, 0.4) is 0 Å². The van der Waals surface area contributed by atoms with Crippen LogP contribution in [0.5, 0.6) is 0 Å². The Labute approximate surface area is 96.0 Å². The van der Waals surface area contributed by atoms with Gasteiger partial charge in [-0.2, -0.15) is 0 Å². The highest BCUT2D eigenvalue weighted by Crippen LogP contribution is 2.21. The van der Waals surface area contributed by atoms with E-state index >= 15 is 0 Å². The Bertz CT molecular complexity index is 395. The predicted octanol–water partition coefficient (Wildman–Crippen LogP) is 1.94. The Balaban J connectivity index is 1.80. The Hall–Kier alpha value is -1.14. The normalized spacial score (nSPS) is 10.7. The molecule has 0 amide bonds. The molecule has 0 atom stereocenters. The maximum atomic E-state index is 5.65. The molecule has 15 heavy (non-hydrogen) atoms. The first-order valence-electron chi connectivity index (χ1n) is 4.66. The smallest absolute Gasteiger partial charge is 0.203 e. The molecule has 0 aromatic carbocycles. The number of hydrogen-bond acceptors (Lipinski definition) is 6. The lowest BCUT2D eigenvalue weighted by Crippen LogP contribution is -1.87. The van der Waals surface area contributed by atoms with Gasteiger partial charge in [0.25, 0.3) is 0 Å². The van der Waals surface area contributed by atoms with Crippen LogP contribution in [0.2, 0.25) is 0 Å². The van der Waals surface area contributed by atoms with Crippen LogP contribution in [0, 0.1) is 0 Å². The standard InChI is InChI=1S/C9H12N4S2/c10-7-5-4-6(14-7)2-1-3-8-12-13-9(11)15-8/h4-5H,1-3,10H2,(H2,11,13). The molecule has 2 rings (SSSR count). The van der Waals surface area contributed by atoms with Gasteiger partial charge in [-0.25, -0.2) is 0 Å². The van der Waals surface area contributed by atoms with E-state index in [2.05, 4.69) is 16.3 Å². The lowest BCUT2D eigenvalue weighted by atomic mass is 10.2.